The lowest BCUT2D eigenvalue weighted by Gasteiger charge is -1.99. The predicted molar refractivity (Wildman–Crippen MR) is 61.3 cm³/mol. The van der Waals surface area contributed by atoms with E-state index in [2.05, 4.69) is 20.4 Å². The molecule has 0 saturated heterocycles. The van der Waals surface area contributed by atoms with Crippen LogP contribution in [0.25, 0.3) is 17.2 Å². The van der Waals surface area contributed by atoms with Gasteiger partial charge in [0, 0.05) is 18.0 Å². The number of fused-ring (bicyclic) bond motifs is 1. The van der Waals surface area contributed by atoms with E-state index in [1.54, 1.807) is 28.8 Å². The van der Waals surface area contributed by atoms with E-state index < -0.39 is 0 Å². The number of rotatable bonds is 1. The second kappa shape index (κ2) is 3.41. The first-order valence-electron chi connectivity index (χ1n) is 4.90. The Morgan fingerprint density at radius 3 is 2.82 bits per heavy atom. The van der Waals surface area contributed by atoms with Gasteiger partial charge in [0.25, 0.3) is 5.56 Å². The number of nitrogens with two attached hydrogens (primary N) is 1. The van der Waals surface area contributed by atoms with Crippen molar-refractivity contribution in [2.24, 2.45) is 0 Å². The number of nitrogens with one attached hydrogen (secondary N) is 1. The molecule has 0 unspecified atom stereocenters. The molecule has 3 N–H and O–H groups in total. The highest BCUT2D eigenvalue weighted by Gasteiger charge is 2.09. The molecule has 0 aromatic carbocycles. The number of aromatic nitrogens is 5. The molecule has 0 aliphatic heterocycles. The summed E-state index contributed by atoms with van der Waals surface area (Å²) < 4.78 is 1.72. The number of nitrogen functional groups attached to an aromatic ring is 1. The lowest BCUT2D eigenvalue weighted by molar-refractivity contribution is 0.969. The molecule has 84 valence electrons. The minimum atomic E-state index is -0.262. The molecule has 0 atom stereocenters. The fourth-order valence-electron chi connectivity index (χ4n) is 1.55. The summed E-state index contributed by atoms with van der Waals surface area (Å²) >= 11 is 0. The molecule has 0 fully saturated rings. The van der Waals surface area contributed by atoms with Gasteiger partial charge in [-0.05, 0) is 18.2 Å². The highest BCUT2D eigenvalue weighted by molar-refractivity contribution is 5.57. The number of pyridine rings is 1. The van der Waals surface area contributed by atoms with Gasteiger partial charge >= 0.3 is 0 Å². The van der Waals surface area contributed by atoms with Gasteiger partial charge in [0.15, 0.2) is 11.5 Å². The summed E-state index contributed by atoms with van der Waals surface area (Å²) in [5.41, 5.74) is 7.24. The summed E-state index contributed by atoms with van der Waals surface area (Å²) in [5, 5.41) is 14.2. The number of nitrogens with zero attached hydrogens (tertiary/aromatic N) is 4. The van der Waals surface area contributed by atoms with E-state index in [9.17, 15) is 4.79 Å². The van der Waals surface area contributed by atoms with Gasteiger partial charge in [0.1, 0.15) is 5.69 Å². The van der Waals surface area contributed by atoms with E-state index in [4.69, 9.17) is 5.73 Å². The first-order valence-corrected chi connectivity index (χ1v) is 4.90. The van der Waals surface area contributed by atoms with Crippen molar-refractivity contribution in [3.8, 4) is 11.5 Å². The Morgan fingerprint density at radius 1 is 1.18 bits per heavy atom. The minimum absolute atomic E-state index is 0.262. The second-order valence-corrected chi connectivity index (χ2v) is 3.52. The second-order valence-electron chi connectivity index (χ2n) is 3.52. The quantitative estimate of drug-likeness (QED) is 0.613. The van der Waals surface area contributed by atoms with E-state index in [0.717, 1.165) is 0 Å². The van der Waals surface area contributed by atoms with Crippen LogP contribution in [0.3, 0.4) is 0 Å². The average molecular weight is 228 g/mol. The first-order chi connectivity index (χ1) is 8.24. The summed E-state index contributed by atoms with van der Waals surface area (Å²) in [5.74, 6) is 0.531. The molecule has 3 rings (SSSR count). The summed E-state index contributed by atoms with van der Waals surface area (Å²) in [6, 6.07) is 6.47. The summed E-state index contributed by atoms with van der Waals surface area (Å²) in [6.45, 7) is 0. The van der Waals surface area contributed by atoms with Crippen LogP contribution in [0.2, 0.25) is 0 Å². The van der Waals surface area contributed by atoms with E-state index in [0.29, 0.717) is 22.9 Å². The van der Waals surface area contributed by atoms with Gasteiger partial charge < -0.3 is 5.73 Å². The molecule has 7 nitrogen and oxygen atoms in total. The molecule has 0 spiro atoms. The molecule has 3 aromatic rings. The maximum Gasteiger partial charge on any atom is 0.264 e. The first kappa shape index (κ1) is 9.52. The topological polar surface area (TPSA) is 102 Å². The summed E-state index contributed by atoms with van der Waals surface area (Å²) in [6.07, 6.45) is 1.71. The van der Waals surface area contributed by atoms with Gasteiger partial charge in [0.2, 0.25) is 0 Å². The van der Waals surface area contributed by atoms with Crippen LogP contribution in [0.1, 0.15) is 0 Å². The molecule has 3 heterocycles. The third kappa shape index (κ3) is 1.53. The number of H-pyrrole nitrogens is 1. The molecule has 3 aromatic heterocycles. The van der Waals surface area contributed by atoms with Gasteiger partial charge in [-0.2, -0.15) is 5.10 Å². The van der Waals surface area contributed by atoms with Crippen LogP contribution in [0.5, 0.6) is 0 Å². The standard InChI is InChI=1S/C10H8N6O/c11-6-1-3-8-13-15-10(16(8)5-6)7-2-4-9(17)14-12-7/h1-5H,11H2,(H,14,17). The maximum atomic E-state index is 10.9. The number of anilines is 1. The van der Waals surface area contributed by atoms with Crippen molar-refractivity contribution in [2.45, 2.75) is 0 Å². The number of aromatic amines is 1. The van der Waals surface area contributed by atoms with Gasteiger partial charge in [-0.3, -0.25) is 9.20 Å². The molecule has 17 heavy (non-hydrogen) atoms. The Labute approximate surface area is 94.9 Å². The smallest absolute Gasteiger partial charge is 0.264 e. The molecular weight excluding hydrogens is 220 g/mol. The third-order valence-electron chi connectivity index (χ3n) is 2.33. The van der Waals surface area contributed by atoms with E-state index in [-0.39, 0.29) is 5.56 Å². The van der Waals surface area contributed by atoms with Crippen LogP contribution in [0.4, 0.5) is 5.69 Å². The largest absolute Gasteiger partial charge is 0.398 e. The molecule has 0 aliphatic carbocycles. The van der Waals surface area contributed by atoms with Gasteiger partial charge in [-0.15, -0.1) is 10.2 Å². The maximum absolute atomic E-state index is 10.9. The van der Waals surface area contributed by atoms with Crippen molar-refractivity contribution in [3.05, 3.63) is 40.8 Å². The van der Waals surface area contributed by atoms with Crippen LogP contribution in [-0.2, 0) is 0 Å². The molecule has 0 bridgehead atoms. The van der Waals surface area contributed by atoms with Crippen molar-refractivity contribution < 1.29 is 0 Å². The van der Waals surface area contributed by atoms with Crippen molar-refractivity contribution in [3.63, 3.8) is 0 Å². The number of hydrogen-bond donors (Lipinski definition) is 2. The van der Waals surface area contributed by atoms with Gasteiger partial charge in [0.05, 0.1) is 0 Å². The van der Waals surface area contributed by atoms with Crippen molar-refractivity contribution in [1.29, 1.82) is 0 Å². The van der Waals surface area contributed by atoms with Crippen molar-refractivity contribution in [2.75, 3.05) is 5.73 Å². The summed E-state index contributed by atoms with van der Waals surface area (Å²) in [4.78, 5) is 10.9. The highest BCUT2D eigenvalue weighted by Crippen LogP contribution is 2.15. The van der Waals surface area contributed by atoms with Crippen molar-refractivity contribution >= 4 is 11.3 Å². The van der Waals surface area contributed by atoms with E-state index in [1.165, 1.54) is 6.07 Å². The molecule has 7 heteroatoms. The third-order valence-corrected chi connectivity index (χ3v) is 2.33. The molecule has 0 radical (unpaired) electrons. The van der Waals surface area contributed by atoms with Crippen LogP contribution in [0.15, 0.2) is 35.3 Å². The fraction of sp³-hybridized carbons (Fsp3) is 0. The van der Waals surface area contributed by atoms with Crippen LogP contribution < -0.4 is 11.3 Å². The normalized spacial score (nSPS) is 10.8. The molecular formula is C10H8N6O. The van der Waals surface area contributed by atoms with Gasteiger partial charge in [-0.25, -0.2) is 5.10 Å². The Hall–Kier alpha value is -2.70. The van der Waals surface area contributed by atoms with Gasteiger partial charge in [-0.1, -0.05) is 0 Å². The summed E-state index contributed by atoms with van der Waals surface area (Å²) in [7, 11) is 0. The average Bonchev–Trinajstić information content (AvgIpc) is 2.73. The number of hydrogen-bond acceptors (Lipinski definition) is 5. The zero-order valence-corrected chi connectivity index (χ0v) is 8.66. The van der Waals surface area contributed by atoms with Crippen LogP contribution in [0, 0.1) is 0 Å². The fourth-order valence-corrected chi connectivity index (χ4v) is 1.55. The van der Waals surface area contributed by atoms with Crippen LogP contribution >= 0.6 is 0 Å². The Kier molecular flexibility index (Phi) is 1.91. The van der Waals surface area contributed by atoms with Crippen molar-refractivity contribution in [1.82, 2.24) is 24.8 Å². The molecule has 0 saturated carbocycles. The highest BCUT2D eigenvalue weighted by atomic mass is 16.1. The monoisotopic (exact) mass is 228 g/mol. The van der Waals surface area contributed by atoms with Crippen LogP contribution in [-0.4, -0.2) is 24.8 Å². The predicted octanol–water partition coefficient (Wildman–Crippen LogP) is 0.0618. The SMILES string of the molecule is Nc1ccc2nnc(-c3ccc(=O)[nH]n3)n2c1. The Bertz CT molecular complexity index is 723. The Balaban J connectivity index is 2.26. The van der Waals surface area contributed by atoms with E-state index in [1.807, 2.05) is 0 Å². The minimum Gasteiger partial charge on any atom is -0.398 e. The molecule has 0 amide bonds. The molecule has 0 aliphatic rings. The lowest BCUT2D eigenvalue weighted by Crippen LogP contribution is -2.06. The van der Waals surface area contributed by atoms with E-state index >= 15 is 0 Å². The zero-order chi connectivity index (χ0) is 11.8. The Morgan fingerprint density at radius 2 is 2.06 bits per heavy atom. The lowest BCUT2D eigenvalue weighted by atomic mass is 10.3. The zero-order valence-electron chi connectivity index (χ0n) is 8.66.